The predicted molar refractivity (Wildman–Crippen MR) is 71.0 cm³/mol. The molecule has 1 saturated heterocycles. The van der Waals surface area contributed by atoms with Gasteiger partial charge in [0.1, 0.15) is 5.69 Å². The molecule has 1 aromatic heterocycles. The molecule has 4 nitrogen and oxygen atoms in total. The van der Waals surface area contributed by atoms with Crippen LogP contribution in [-0.2, 0) is 6.54 Å². The molecule has 0 radical (unpaired) electrons. The van der Waals surface area contributed by atoms with Crippen molar-refractivity contribution in [2.75, 3.05) is 6.54 Å². The summed E-state index contributed by atoms with van der Waals surface area (Å²) in [5, 5.41) is 0. The van der Waals surface area contributed by atoms with Crippen molar-refractivity contribution in [2.24, 2.45) is 11.7 Å². The van der Waals surface area contributed by atoms with Crippen LogP contribution in [-0.4, -0.2) is 28.4 Å². The van der Waals surface area contributed by atoms with Gasteiger partial charge < -0.3 is 10.6 Å². The van der Waals surface area contributed by atoms with Gasteiger partial charge in [0.05, 0.1) is 0 Å². The number of aromatic nitrogens is 1. The third kappa shape index (κ3) is 2.70. The fourth-order valence-electron chi connectivity index (χ4n) is 2.53. The molecule has 0 aliphatic carbocycles. The van der Waals surface area contributed by atoms with E-state index in [2.05, 4.69) is 18.8 Å². The Hall–Kier alpha value is -1.42. The van der Waals surface area contributed by atoms with Crippen molar-refractivity contribution in [1.82, 2.24) is 9.88 Å². The van der Waals surface area contributed by atoms with Crippen molar-refractivity contribution >= 4 is 5.91 Å². The van der Waals surface area contributed by atoms with Crippen LogP contribution in [0.3, 0.4) is 0 Å². The van der Waals surface area contributed by atoms with Crippen LogP contribution >= 0.6 is 0 Å². The first-order chi connectivity index (χ1) is 8.61. The van der Waals surface area contributed by atoms with Crippen LogP contribution in [0.2, 0.25) is 0 Å². The molecule has 0 bridgehead atoms. The van der Waals surface area contributed by atoms with Crippen LogP contribution < -0.4 is 5.73 Å². The number of amides is 1. The second-order valence-electron chi connectivity index (χ2n) is 5.23. The molecule has 2 unspecified atom stereocenters. The SMILES string of the molecule is CC1CCN(C(=O)c2ccc(CN)cn2)C(C)C1. The molecule has 1 amide bonds. The van der Waals surface area contributed by atoms with Crippen LogP contribution in [0, 0.1) is 5.92 Å². The molecule has 2 N–H and O–H groups in total. The van der Waals surface area contributed by atoms with E-state index in [0.717, 1.165) is 24.9 Å². The Morgan fingerprint density at radius 3 is 2.83 bits per heavy atom. The first-order valence-corrected chi connectivity index (χ1v) is 6.57. The van der Waals surface area contributed by atoms with Crippen LogP contribution in [0.15, 0.2) is 18.3 Å². The second kappa shape index (κ2) is 5.48. The maximum Gasteiger partial charge on any atom is 0.272 e. The van der Waals surface area contributed by atoms with Crippen molar-refractivity contribution in [2.45, 2.75) is 39.3 Å². The lowest BCUT2D eigenvalue weighted by molar-refractivity contribution is 0.0582. The number of rotatable bonds is 2. The minimum atomic E-state index is 0.0398. The molecule has 4 heteroatoms. The van der Waals surface area contributed by atoms with E-state index in [0.29, 0.717) is 24.2 Å². The number of hydrogen-bond donors (Lipinski definition) is 1. The number of nitrogens with zero attached hydrogens (tertiary/aromatic N) is 2. The average molecular weight is 247 g/mol. The monoisotopic (exact) mass is 247 g/mol. The average Bonchev–Trinajstić information content (AvgIpc) is 2.38. The largest absolute Gasteiger partial charge is 0.335 e. The van der Waals surface area contributed by atoms with Gasteiger partial charge in [0.15, 0.2) is 0 Å². The molecular weight excluding hydrogens is 226 g/mol. The first kappa shape index (κ1) is 13.0. The minimum Gasteiger partial charge on any atom is -0.335 e. The summed E-state index contributed by atoms with van der Waals surface area (Å²) in [7, 11) is 0. The smallest absolute Gasteiger partial charge is 0.272 e. The first-order valence-electron chi connectivity index (χ1n) is 6.57. The number of carbonyl (C=O) groups excluding carboxylic acids is 1. The number of nitrogens with two attached hydrogens (primary N) is 1. The van der Waals surface area contributed by atoms with E-state index in [9.17, 15) is 4.79 Å². The molecule has 98 valence electrons. The highest BCUT2D eigenvalue weighted by Gasteiger charge is 2.27. The third-order valence-corrected chi connectivity index (χ3v) is 3.68. The molecule has 2 atom stereocenters. The standard InChI is InChI=1S/C14H21N3O/c1-10-5-6-17(11(2)7-10)14(18)13-4-3-12(8-15)9-16-13/h3-4,9-11H,5-8,15H2,1-2H3. The third-order valence-electron chi connectivity index (χ3n) is 3.68. The normalized spacial score (nSPS) is 24.1. The van der Waals surface area contributed by atoms with Crippen molar-refractivity contribution in [3.8, 4) is 0 Å². The molecule has 1 aliphatic heterocycles. The Labute approximate surface area is 108 Å². The highest BCUT2D eigenvalue weighted by molar-refractivity contribution is 5.92. The van der Waals surface area contributed by atoms with E-state index in [1.165, 1.54) is 0 Å². The number of carbonyl (C=O) groups is 1. The van der Waals surface area contributed by atoms with Gasteiger partial charge in [-0.2, -0.15) is 0 Å². The maximum absolute atomic E-state index is 12.3. The Morgan fingerprint density at radius 2 is 2.28 bits per heavy atom. The van der Waals surface area contributed by atoms with Gasteiger partial charge >= 0.3 is 0 Å². The quantitative estimate of drug-likeness (QED) is 0.867. The summed E-state index contributed by atoms with van der Waals surface area (Å²) in [6.45, 7) is 5.65. The summed E-state index contributed by atoms with van der Waals surface area (Å²) in [6, 6.07) is 3.95. The van der Waals surface area contributed by atoms with E-state index in [1.54, 1.807) is 12.3 Å². The Balaban J connectivity index is 2.10. The van der Waals surface area contributed by atoms with Gasteiger partial charge in [-0.25, -0.2) is 0 Å². The fraction of sp³-hybridized carbons (Fsp3) is 0.571. The van der Waals surface area contributed by atoms with Gasteiger partial charge in [-0.1, -0.05) is 13.0 Å². The van der Waals surface area contributed by atoms with E-state index < -0.39 is 0 Å². The number of likely N-dealkylation sites (tertiary alicyclic amines) is 1. The van der Waals surface area contributed by atoms with Crippen molar-refractivity contribution in [3.63, 3.8) is 0 Å². The van der Waals surface area contributed by atoms with E-state index in [4.69, 9.17) is 5.73 Å². The van der Waals surface area contributed by atoms with Gasteiger partial charge in [-0.05, 0) is 37.3 Å². The summed E-state index contributed by atoms with van der Waals surface area (Å²) in [5.41, 5.74) is 6.99. The van der Waals surface area contributed by atoms with Gasteiger partial charge in [0.2, 0.25) is 0 Å². The lowest BCUT2D eigenvalue weighted by Gasteiger charge is -2.36. The predicted octanol–water partition coefficient (Wildman–Crippen LogP) is 1.80. The molecule has 18 heavy (non-hydrogen) atoms. The van der Waals surface area contributed by atoms with Gasteiger partial charge in [-0.15, -0.1) is 0 Å². The van der Waals surface area contributed by atoms with Crippen LogP contribution in [0.4, 0.5) is 0 Å². The van der Waals surface area contributed by atoms with Crippen LogP contribution in [0.5, 0.6) is 0 Å². The van der Waals surface area contributed by atoms with Crippen molar-refractivity contribution < 1.29 is 4.79 Å². The highest BCUT2D eigenvalue weighted by atomic mass is 16.2. The Bertz CT molecular complexity index is 416. The van der Waals surface area contributed by atoms with Crippen molar-refractivity contribution in [3.05, 3.63) is 29.6 Å². The number of pyridine rings is 1. The topological polar surface area (TPSA) is 59.2 Å². The zero-order chi connectivity index (χ0) is 13.1. The Morgan fingerprint density at radius 1 is 1.50 bits per heavy atom. The van der Waals surface area contributed by atoms with Crippen molar-refractivity contribution in [1.29, 1.82) is 0 Å². The molecule has 1 aliphatic rings. The zero-order valence-corrected chi connectivity index (χ0v) is 11.1. The lowest BCUT2D eigenvalue weighted by atomic mass is 9.93. The minimum absolute atomic E-state index is 0.0398. The molecule has 2 heterocycles. The summed E-state index contributed by atoms with van der Waals surface area (Å²) in [4.78, 5) is 18.5. The number of hydrogen-bond acceptors (Lipinski definition) is 3. The van der Waals surface area contributed by atoms with E-state index >= 15 is 0 Å². The van der Waals surface area contributed by atoms with Gasteiger partial charge in [0, 0.05) is 25.3 Å². The molecule has 2 rings (SSSR count). The molecule has 1 aromatic rings. The van der Waals surface area contributed by atoms with Gasteiger partial charge in [-0.3, -0.25) is 9.78 Å². The summed E-state index contributed by atoms with van der Waals surface area (Å²) in [6.07, 6.45) is 3.84. The maximum atomic E-state index is 12.3. The Kier molecular flexibility index (Phi) is 3.97. The lowest BCUT2D eigenvalue weighted by Crippen LogP contribution is -2.44. The molecule has 1 fully saturated rings. The summed E-state index contributed by atoms with van der Waals surface area (Å²) < 4.78 is 0. The van der Waals surface area contributed by atoms with Crippen LogP contribution in [0.1, 0.15) is 42.7 Å². The zero-order valence-electron chi connectivity index (χ0n) is 11.1. The molecule has 0 saturated carbocycles. The van der Waals surface area contributed by atoms with Crippen LogP contribution in [0.25, 0.3) is 0 Å². The highest BCUT2D eigenvalue weighted by Crippen LogP contribution is 2.23. The van der Waals surface area contributed by atoms with Gasteiger partial charge in [0.25, 0.3) is 5.91 Å². The number of piperidine rings is 1. The molecule has 0 aromatic carbocycles. The van der Waals surface area contributed by atoms with E-state index in [-0.39, 0.29) is 5.91 Å². The van der Waals surface area contributed by atoms with E-state index in [1.807, 2.05) is 11.0 Å². The summed E-state index contributed by atoms with van der Waals surface area (Å²) >= 11 is 0. The second-order valence-corrected chi connectivity index (χ2v) is 5.23. The molecular formula is C14H21N3O. The molecule has 0 spiro atoms. The fourth-order valence-corrected chi connectivity index (χ4v) is 2.53. The summed E-state index contributed by atoms with van der Waals surface area (Å²) in [5.74, 6) is 0.745.